The first-order chi connectivity index (χ1) is 13.7. The number of ether oxygens (including phenoxy) is 2. The first-order valence-electron chi connectivity index (χ1n) is 8.99. The van der Waals surface area contributed by atoms with E-state index in [0.717, 1.165) is 17.1 Å². The maximum Gasteiger partial charge on any atom is 0.261 e. The first kappa shape index (κ1) is 17.1. The molecular weight excluding hydrogens is 378 g/mol. The molecule has 4 heterocycles. The Labute approximate surface area is 164 Å². The maximum absolute atomic E-state index is 12.5. The highest BCUT2D eigenvalue weighted by atomic mass is 32.2. The third-order valence-corrected chi connectivity index (χ3v) is 5.51. The zero-order chi connectivity index (χ0) is 19.1. The van der Waals surface area contributed by atoms with Crippen LogP contribution in [0.25, 0.3) is 16.7 Å². The second-order valence-electron chi connectivity index (χ2n) is 6.34. The second kappa shape index (κ2) is 6.83. The van der Waals surface area contributed by atoms with E-state index in [-0.39, 0.29) is 5.56 Å². The Kier molecular flexibility index (Phi) is 4.16. The van der Waals surface area contributed by atoms with E-state index in [0.29, 0.717) is 47.3 Å². The lowest BCUT2D eigenvalue weighted by Crippen LogP contribution is -2.19. The van der Waals surface area contributed by atoms with Crippen molar-refractivity contribution in [2.45, 2.75) is 24.4 Å². The number of thioether (sulfide) groups is 1. The molecule has 3 aromatic heterocycles. The van der Waals surface area contributed by atoms with Crippen molar-refractivity contribution < 1.29 is 9.47 Å². The van der Waals surface area contributed by atoms with Gasteiger partial charge in [-0.25, -0.2) is 4.98 Å². The van der Waals surface area contributed by atoms with Crippen molar-refractivity contribution in [2.75, 3.05) is 13.2 Å². The zero-order valence-corrected chi connectivity index (χ0v) is 16.0. The molecular formula is C19H17N5O3S. The number of pyridine rings is 1. The molecule has 0 N–H and O–H groups in total. The summed E-state index contributed by atoms with van der Waals surface area (Å²) in [4.78, 5) is 21.3. The fourth-order valence-corrected chi connectivity index (χ4v) is 3.94. The lowest BCUT2D eigenvalue weighted by Gasteiger charge is -2.18. The van der Waals surface area contributed by atoms with Crippen LogP contribution in [-0.2, 0) is 12.3 Å². The molecule has 5 rings (SSSR count). The van der Waals surface area contributed by atoms with Gasteiger partial charge in [-0.2, -0.15) is 9.50 Å². The lowest BCUT2D eigenvalue weighted by molar-refractivity contribution is 0.171. The third-order valence-electron chi connectivity index (χ3n) is 4.60. The molecule has 4 aromatic rings. The summed E-state index contributed by atoms with van der Waals surface area (Å²) in [7, 11) is 0. The fraction of sp³-hybridized carbons (Fsp3) is 0.263. The average Bonchev–Trinajstić information content (AvgIpc) is 3.16. The van der Waals surface area contributed by atoms with Gasteiger partial charge in [-0.3, -0.25) is 4.79 Å². The molecule has 1 aliphatic rings. The quantitative estimate of drug-likeness (QED) is 0.491. The Bertz CT molecular complexity index is 1250. The summed E-state index contributed by atoms with van der Waals surface area (Å²) in [5.41, 5.74) is 1.73. The van der Waals surface area contributed by atoms with Crippen LogP contribution in [0, 0.1) is 0 Å². The number of fused-ring (bicyclic) bond motifs is 4. The molecule has 0 bridgehead atoms. The van der Waals surface area contributed by atoms with Gasteiger partial charge in [0.15, 0.2) is 11.5 Å². The van der Waals surface area contributed by atoms with E-state index < -0.39 is 0 Å². The van der Waals surface area contributed by atoms with E-state index in [1.807, 2.05) is 31.2 Å². The van der Waals surface area contributed by atoms with Gasteiger partial charge in [-0.15, -0.1) is 5.10 Å². The summed E-state index contributed by atoms with van der Waals surface area (Å²) >= 11 is 1.51. The van der Waals surface area contributed by atoms with Gasteiger partial charge in [0.05, 0.1) is 10.9 Å². The number of nitrogens with zero attached hydrogens (tertiary/aromatic N) is 5. The monoisotopic (exact) mass is 395 g/mol. The number of hydrogen-bond acceptors (Lipinski definition) is 7. The zero-order valence-electron chi connectivity index (χ0n) is 15.2. The van der Waals surface area contributed by atoms with Crippen LogP contribution in [0.15, 0.2) is 46.6 Å². The van der Waals surface area contributed by atoms with Gasteiger partial charge >= 0.3 is 0 Å². The minimum atomic E-state index is -0.0737. The van der Waals surface area contributed by atoms with Crippen LogP contribution in [0.5, 0.6) is 11.5 Å². The molecule has 142 valence electrons. The molecule has 0 radical (unpaired) electrons. The van der Waals surface area contributed by atoms with E-state index in [1.54, 1.807) is 21.5 Å². The van der Waals surface area contributed by atoms with Crippen molar-refractivity contribution in [2.24, 2.45) is 0 Å². The number of benzene rings is 1. The predicted octanol–water partition coefficient (Wildman–Crippen LogP) is 2.52. The van der Waals surface area contributed by atoms with E-state index in [1.165, 1.54) is 11.8 Å². The van der Waals surface area contributed by atoms with Gasteiger partial charge in [0.25, 0.3) is 11.3 Å². The molecule has 0 saturated carbocycles. The number of aryl methyl sites for hydroxylation is 1. The molecule has 1 aliphatic heterocycles. The van der Waals surface area contributed by atoms with Crippen LogP contribution in [0.1, 0.15) is 12.5 Å². The van der Waals surface area contributed by atoms with Crippen molar-refractivity contribution in [1.29, 1.82) is 0 Å². The second-order valence-corrected chi connectivity index (χ2v) is 7.28. The van der Waals surface area contributed by atoms with E-state index in [2.05, 4.69) is 15.1 Å². The molecule has 0 unspecified atom stereocenters. The van der Waals surface area contributed by atoms with Crippen molar-refractivity contribution in [3.63, 3.8) is 0 Å². The molecule has 0 aliphatic carbocycles. The highest BCUT2D eigenvalue weighted by Crippen LogP contribution is 2.32. The SMILES string of the molecule is CCn1ccc2c(cnc3nc(SCc4ccc5c(c4)OCCO5)nn32)c1=O. The van der Waals surface area contributed by atoms with Gasteiger partial charge in [-0.05, 0) is 30.7 Å². The Balaban J connectivity index is 1.44. The van der Waals surface area contributed by atoms with Gasteiger partial charge in [0.2, 0.25) is 5.16 Å². The summed E-state index contributed by atoms with van der Waals surface area (Å²) < 4.78 is 14.5. The Morgan fingerprint density at radius 3 is 2.89 bits per heavy atom. The topological polar surface area (TPSA) is 83.5 Å². The van der Waals surface area contributed by atoms with Gasteiger partial charge in [0, 0.05) is 24.7 Å². The van der Waals surface area contributed by atoms with Crippen molar-refractivity contribution in [3.8, 4) is 11.5 Å². The van der Waals surface area contributed by atoms with Crippen LogP contribution in [-0.4, -0.2) is 37.4 Å². The maximum atomic E-state index is 12.5. The lowest BCUT2D eigenvalue weighted by atomic mass is 10.2. The van der Waals surface area contributed by atoms with Crippen LogP contribution in [0.3, 0.4) is 0 Å². The van der Waals surface area contributed by atoms with E-state index in [4.69, 9.17) is 9.47 Å². The molecule has 9 heteroatoms. The summed E-state index contributed by atoms with van der Waals surface area (Å²) in [6.45, 7) is 3.69. The highest BCUT2D eigenvalue weighted by molar-refractivity contribution is 7.98. The Morgan fingerprint density at radius 2 is 2.04 bits per heavy atom. The summed E-state index contributed by atoms with van der Waals surface area (Å²) in [6.07, 6.45) is 3.34. The number of aromatic nitrogens is 5. The normalized spacial score (nSPS) is 13.3. The number of rotatable bonds is 4. The molecule has 0 spiro atoms. The predicted molar refractivity (Wildman–Crippen MR) is 105 cm³/mol. The van der Waals surface area contributed by atoms with Gasteiger partial charge < -0.3 is 14.0 Å². The van der Waals surface area contributed by atoms with Crippen molar-refractivity contribution >= 4 is 28.4 Å². The van der Waals surface area contributed by atoms with Crippen LogP contribution >= 0.6 is 11.8 Å². The van der Waals surface area contributed by atoms with Gasteiger partial charge in [0.1, 0.15) is 13.2 Å². The largest absolute Gasteiger partial charge is 0.486 e. The van der Waals surface area contributed by atoms with Crippen molar-refractivity contribution in [1.82, 2.24) is 24.1 Å². The fourth-order valence-electron chi connectivity index (χ4n) is 3.18. The molecule has 0 atom stereocenters. The minimum absolute atomic E-state index is 0.0737. The summed E-state index contributed by atoms with van der Waals surface area (Å²) in [5.74, 6) is 2.71. The van der Waals surface area contributed by atoms with Crippen LogP contribution in [0.2, 0.25) is 0 Å². The van der Waals surface area contributed by atoms with Gasteiger partial charge in [-0.1, -0.05) is 17.8 Å². The third kappa shape index (κ3) is 2.88. The van der Waals surface area contributed by atoms with Crippen molar-refractivity contribution in [3.05, 3.63) is 52.6 Å². The molecule has 1 aromatic carbocycles. The Morgan fingerprint density at radius 1 is 1.18 bits per heavy atom. The summed E-state index contributed by atoms with van der Waals surface area (Å²) in [5, 5.41) is 5.68. The number of hydrogen-bond donors (Lipinski definition) is 0. The first-order valence-corrected chi connectivity index (χ1v) is 9.98. The highest BCUT2D eigenvalue weighted by Gasteiger charge is 2.14. The van der Waals surface area contributed by atoms with Crippen LogP contribution < -0.4 is 15.0 Å². The molecule has 0 saturated heterocycles. The average molecular weight is 395 g/mol. The standard InChI is InChI=1S/C19H17N5O3S/c1-2-23-6-5-14-13(17(23)25)10-20-18-21-19(22-24(14)18)28-11-12-3-4-15-16(9-12)27-8-7-26-15/h3-6,9-10H,2,7-8,11H2,1H3. The van der Waals surface area contributed by atoms with E-state index >= 15 is 0 Å². The summed E-state index contributed by atoms with van der Waals surface area (Å²) in [6, 6.07) is 7.80. The minimum Gasteiger partial charge on any atom is -0.486 e. The molecule has 0 fully saturated rings. The smallest absolute Gasteiger partial charge is 0.261 e. The Hall–Kier alpha value is -3.07. The molecule has 0 amide bonds. The van der Waals surface area contributed by atoms with Crippen LogP contribution in [0.4, 0.5) is 0 Å². The van der Waals surface area contributed by atoms with E-state index in [9.17, 15) is 4.79 Å². The molecule has 28 heavy (non-hydrogen) atoms. The molecule has 8 nitrogen and oxygen atoms in total.